The highest BCUT2D eigenvalue weighted by Gasteiger charge is 2.21. The molecular formula is C15H27ClN4O. The number of carbonyl (C=O) groups excluding carboxylic acids is 1. The molecule has 1 aromatic rings. The summed E-state index contributed by atoms with van der Waals surface area (Å²) in [7, 11) is 1.90. The Kier molecular flexibility index (Phi) is 7.75. The molecule has 0 bridgehead atoms. The molecule has 0 aromatic carbocycles. The van der Waals surface area contributed by atoms with Gasteiger partial charge in [-0.2, -0.15) is 5.10 Å². The molecule has 2 unspecified atom stereocenters. The third-order valence-electron chi connectivity index (χ3n) is 4.14. The second-order valence-corrected chi connectivity index (χ2v) is 5.91. The van der Waals surface area contributed by atoms with Gasteiger partial charge in [0.15, 0.2) is 0 Å². The zero-order chi connectivity index (χ0) is 14.4. The van der Waals surface area contributed by atoms with E-state index >= 15 is 0 Å². The Balaban J connectivity index is 0.00000220. The SMILES string of the molecule is CC(CC(=O)NCCc1cnn(C)c1)C1CCCNC1.Cl. The number of piperidine rings is 1. The van der Waals surface area contributed by atoms with Gasteiger partial charge in [-0.1, -0.05) is 6.92 Å². The van der Waals surface area contributed by atoms with Crippen molar-refractivity contribution in [1.82, 2.24) is 20.4 Å². The predicted octanol–water partition coefficient (Wildman–Crippen LogP) is 1.53. The molecule has 1 aliphatic rings. The van der Waals surface area contributed by atoms with Gasteiger partial charge < -0.3 is 10.6 Å². The van der Waals surface area contributed by atoms with Crippen LogP contribution in [0.5, 0.6) is 0 Å². The first-order valence-corrected chi connectivity index (χ1v) is 7.60. The van der Waals surface area contributed by atoms with Crippen LogP contribution in [-0.2, 0) is 18.3 Å². The molecule has 5 nitrogen and oxygen atoms in total. The zero-order valence-electron chi connectivity index (χ0n) is 13.0. The average molecular weight is 315 g/mol. The molecule has 2 rings (SSSR count). The second kappa shape index (κ2) is 9.05. The van der Waals surface area contributed by atoms with E-state index in [1.165, 1.54) is 12.8 Å². The number of carbonyl (C=O) groups is 1. The van der Waals surface area contributed by atoms with Crippen LogP contribution in [0.25, 0.3) is 0 Å². The van der Waals surface area contributed by atoms with Gasteiger partial charge in [0.05, 0.1) is 6.20 Å². The number of aromatic nitrogens is 2. The maximum absolute atomic E-state index is 11.9. The molecule has 1 aliphatic heterocycles. The van der Waals surface area contributed by atoms with Crippen molar-refractivity contribution >= 4 is 18.3 Å². The summed E-state index contributed by atoms with van der Waals surface area (Å²) in [6.45, 7) is 5.07. The summed E-state index contributed by atoms with van der Waals surface area (Å²) < 4.78 is 1.79. The van der Waals surface area contributed by atoms with Gasteiger partial charge in [0.1, 0.15) is 0 Å². The van der Waals surface area contributed by atoms with Crippen molar-refractivity contribution in [2.75, 3.05) is 19.6 Å². The van der Waals surface area contributed by atoms with E-state index < -0.39 is 0 Å². The van der Waals surface area contributed by atoms with Crippen molar-refractivity contribution < 1.29 is 4.79 Å². The van der Waals surface area contributed by atoms with Crippen LogP contribution < -0.4 is 10.6 Å². The molecule has 0 saturated carbocycles. The fourth-order valence-corrected chi connectivity index (χ4v) is 2.84. The Morgan fingerprint density at radius 2 is 2.43 bits per heavy atom. The number of rotatable bonds is 6. The second-order valence-electron chi connectivity index (χ2n) is 5.91. The van der Waals surface area contributed by atoms with Gasteiger partial charge in [0.2, 0.25) is 5.91 Å². The number of amides is 1. The van der Waals surface area contributed by atoms with E-state index in [0.29, 0.717) is 24.8 Å². The van der Waals surface area contributed by atoms with Crippen molar-refractivity contribution in [1.29, 1.82) is 0 Å². The lowest BCUT2D eigenvalue weighted by atomic mass is 9.85. The van der Waals surface area contributed by atoms with Crippen LogP contribution in [0.2, 0.25) is 0 Å². The van der Waals surface area contributed by atoms with Crippen molar-refractivity contribution in [3.63, 3.8) is 0 Å². The molecule has 2 N–H and O–H groups in total. The van der Waals surface area contributed by atoms with Crippen LogP contribution in [0, 0.1) is 11.8 Å². The van der Waals surface area contributed by atoms with Crippen LogP contribution >= 0.6 is 12.4 Å². The minimum Gasteiger partial charge on any atom is -0.356 e. The van der Waals surface area contributed by atoms with E-state index in [1.807, 2.05) is 19.4 Å². The van der Waals surface area contributed by atoms with E-state index in [9.17, 15) is 4.79 Å². The Hall–Kier alpha value is -1.07. The van der Waals surface area contributed by atoms with Crippen molar-refractivity contribution in [2.45, 2.75) is 32.6 Å². The monoisotopic (exact) mass is 314 g/mol. The molecule has 1 aromatic heterocycles. The molecule has 0 radical (unpaired) electrons. The Morgan fingerprint density at radius 3 is 3.05 bits per heavy atom. The highest BCUT2D eigenvalue weighted by molar-refractivity contribution is 5.85. The summed E-state index contributed by atoms with van der Waals surface area (Å²) in [5, 5.41) is 10.5. The first kappa shape index (κ1) is 18.0. The molecule has 120 valence electrons. The summed E-state index contributed by atoms with van der Waals surface area (Å²) >= 11 is 0. The smallest absolute Gasteiger partial charge is 0.220 e. The lowest BCUT2D eigenvalue weighted by Gasteiger charge is -2.28. The molecule has 2 atom stereocenters. The van der Waals surface area contributed by atoms with Crippen LogP contribution in [0.3, 0.4) is 0 Å². The third-order valence-corrected chi connectivity index (χ3v) is 4.14. The number of halogens is 1. The van der Waals surface area contributed by atoms with Gasteiger partial charge in [0, 0.05) is 26.2 Å². The van der Waals surface area contributed by atoms with Gasteiger partial charge in [-0.15, -0.1) is 12.4 Å². The first-order valence-electron chi connectivity index (χ1n) is 7.60. The standard InChI is InChI=1S/C15H26N4O.ClH/c1-12(14-4-3-6-16-10-14)8-15(20)17-7-5-13-9-18-19(2)11-13;/h9,11-12,14,16H,3-8,10H2,1-2H3,(H,17,20);1H. The van der Waals surface area contributed by atoms with E-state index in [4.69, 9.17) is 0 Å². The predicted molar refractivity (Wildman–Crippen MR) is 86.5 cm³/mol. The van der Waals surface area contributed by atoms with Gasteiger partial charge in [-0.3, -0.25) is 9.48 Å². The van der Waals surface area contributed by atoms with Crippen molar-refractivity contribution in [2.24, 2.45) is 18.9 Å². The molecule has 0 spiro atoms. The number of hydrogen-bond donors (Lipinski definition) is 2. The molecular weight excluding hydrogens is 288 g/mol. The lowest BCUT2D eigenvalue weighted by Crippen LogP contribution is -2.35. The maximum atomic E-state index is 11.9. The molecule has 21 heavy (non-hydrogen) atoms. The zero-order valence-corrected chi connectivity index (χ0v) is 13.8. The maximum Gasteiger partial charge on any atom is 0.220 e. The molecule has 6 heteroatoms. The van der Waals surface area contributed by atoms with E-state index in [-0.39, 0.29) is 18.3 Å². The fourth-order valence-electron chi connectivity index (χ4n) is 2.84. The molecule has 1 fully saturated rings. The topological polar surface area (TPSA) is 59.0 Å². The average Bonchev–Trinajstić information content (AvgIpc) is 2.85. The number of hydrogen-bond acceptors (Lipinski definition) is 3. The van der Waals surface area contributed by atoms with Crippen LogP contribution in [-0.4, -0.2) is 35.3 Å². The first-order chi connectivity index (χ1) is 9.65. The Bertz CT molecular complexity index is 429. The van der Waals surface area contributed by atoms with E-state index in [2.05, 4.69) is 22.7 Å². The number of aryl methyl sites for hydroxylation is 1. The highest BCUT2D eigenvalue weighted by Crippen LogP contribution is 2.22. The fraction of sp³-hybridized carbons (Fsp3) is 0.733. The highest BCUT2D eigenvalue weighted by atomic mass is 35.5. The molecule has 0 aliphatic carbocycles. The summed E-state index contributed by atoms with van der Waals surface area (Å²) in [4.78, 5) is 11.9. The van der Waals surface area contributed by atoms with Gasteiger partial charge >= 0.3 is 0 Å². The normalized spacial score (nSPS) is 19.6. The summed E-state index contributed by atoms with van der Waals surface area (Å²) in [6.07, 6.45) is 7.80. The number of nitrogens with one attached hydrogen (secondary N) is 2. The summed E-state index contributed by atoms with van der Waals surface area (Å²) in [5.41, 5.74) is 1.16. The largest absolute Gasteiger partial charge is 0.356 e. The van der Waals surface area contributed by atoms with Crippen molar-refractivity contribution in [3.05, 3.63) is 18.0 Å². The van der Waals surface area contributed by atoms with Crippen LogP contribution in [0.1, 0.15) is 31.7 Å². The molecule has 2 heterocycles. The van der Waals surface area contributed by atoms with Gasteiger partial charge in [0.25, 0.3) is 0 Å². The minimum absolute atomic E-state index is 0. The summed E-state index contributed by atoms with van der Waals surface area (Å²) in [5.74, 6) is 1.28. The quantitative estimate of drug-likeness (QED) is 0.837. The van der Waals surface area contributed by atoms with Crippen LogP contribution in [0.4, 0.5) is 0 Å². The van der Waals surface area contributed by atoms with Crippen LogP contribution in [0.15, 0.2) is 12.4 Å². The van der Waals surface area contributed by atoms with Crippen molar-refractivity contribution in [3.8, 4) is 0 Å². The minimum atomic E-state index is 0. The third kappa shape index (κ3) is 6.06. The Morgan fingerprint density at radius 1 is 1.62 bits per heavy atom. The summed E-state index contributed by atoms with van der Waals surface area (Å²) in [6, 6.07) is 0. The van der Waals surface area contributed by atoms with Gasteiger partial charge in [-0.05, 0) is 49.8 Å². The molecule has 1 saturated heterocycles. The van der Waals surface area contributed by atoms with E-state index in [0.717, 1.165) is 25.1 Å². The van der Waals surface area contributed by atoms with E-state index in [1.54, 1.807) is 4.68 Å². The number of nitrogens with zero attached hydrogens (tertiary/aromatic N) is 2. The molecule has 1 amide bonds. The van der Waals surface area contributed by atoms with Gasteiger partial charge in [-0.25, -0.2) is 0 Å². The lowest BCUT2D eigenvalue weighted by molar-refractivity contribution is -0.122. The Labute approximate surface area is 133 Å².